The van der Waals surface area contributed by atoms with Gasteiger partial charge in [-0.1, -0.05) is 18.2 Å². The zero-order valence-corrected chi connectivity index (χ0v) is 11.0. The molecule has 0 spiro atoms. The van der Waals surface area contributed by atoms with Crippen LogP contribution in [0.3, 0.4) is 0 Å². The van der Waals surface area contributed by atoms with Gasteiger partial charge in [0.05, 0.1) is 6.61 Å². The van der Waals surface area contributed by atoms with Gasteiger partial charge >= 0.3 is 0 Å². The van der Waals surface area contributed by atoms with Crippen molar-refractivity contribution in [2.24, 2.45) is 0 Å². The molecule has 0 aliphatic heterocycles. The molecule has 16 heavy (non-hydrogen) atoms. The van der Waals surface area contributed by atoms with Crippen molar-refractivity contribution in [2.45, 2.75) is 40.8 Å². The third kappa shape index (κ3) is 2.74. The van der Waals surface area contributed by atoms with Gasteiger partial charge in [0.15, 0.2) is 4.34 Å². The molecule has 1 aliphatic carbocycles. The van der Waals surface area contributed by atoms with E-state index in [0.717, 1.165) is 23.6 Å². The van der Waals surface area contributed by atoms with Crippen molar-refractivity contribution >= 4 is 23.3 Å². The molecule has 0 bridgehead atoms. The molecule has 1 aromatic heterocycles. The predicted molar refractivity (Wildman–Crippen MR) is 66.9 cm³/mol. The second-order valence-electron chi connectivity index (χ2n) is 4.23. The largest absolute Gasteiger partial charge is 0.394 e. The minimum atomic E-state index is -0.0827. The monoisotopic (exact) mass is 259 g/mol. The smallest absolute Gasteiger partial charge is 0.170 e. The van der Waals surface area contributed by atoms with E-state index < -0.39 is 0 Å². The van der Waals surface area contributed by atoms with Crippen molar-refractivity contribution in [1.82, 2.24) is 14.7 Å². The number of hydrogen-bond acceptors (Lipinski definition) is 6. The standard InChI is InChI=1S/C10H17N3OS2/c1-11-10(6-14)4-2-3-8(5-10)15-9-12-7-13-16-9/h7-8,11,14H,2-6H2,1H3. The maximum atomic E-state index is 9.49. The highest BCUT2D eigenvalue weighted by Crippen LogP contribution is 2.38. The van der Waals surface area contributed by atoms with Gasteiger partial charge in [0, 0.05) is 10.8 Å². The van der Waals surface area contributed by atoms with Gasteiger partial charge in [-0.25, -0.2) is 4.98 Å². The molecular formula is C10H17N3OS2. The Hall–Kier alpha value is -0.170. The van der Waals surface area contributed by atoms with E-state index in [9.17, 15) is 5.11 Å². The molecule has 0 saturated heterocycles. The van der Waals surface area contributed by atoms with Crippen molar-refractivity contribution < 1.29 is 5.11 Å². The number of aliphatic hydroxyl groups excluding tert-OH is 1. The Kier molecular flexibility index (Phi) is 4.18. The van der Waals surface area contributed by atoms with Gasteiger partial charge in [-0.3, -0.25) is 0 Å². The quantitative estimate of drug-likeness (QED) is 0.858. The first-order valence-corrected chi connectivity index (χ1v) is 7.16. The Morgan fingerprint density at radius 3 is 3.25 bits per heavy atom. The first-order valence-electron chi connectivity index (χ1n) is 5.51. The van der Waals surface area contributed by atoms with Gasteiger partial charge in [0.25, 0.3) is 0 Å². The van der Waals surface area contributed by atoms with Crippen LogP contribution in [0, 0.1) is 0 Å². The maximum Gasteiger partial charge on any atom is 0.170 e. The van der Waals surface area contributed by atoms with E-state index in [2.05, 4.69) is 14.7 Å². The van der Waals surface area contributed by atoms with Gasteiger partial charge < -0.3 is 10.4 Å². The first-order chi connectivity index (χ1) is 7.78. The van der Waals surface area contributed by atoms with Crippen LogP contribution in [0.25, 0.3) is 0 Å². The Balaban J connectivity index is 1.96. The molecule has 1 heterocycles. The molecule has 0 amide bonds. The lowest BCUT2D eigenvalue weighted by atomic mass is 9.82. The normalized spacial score (nSPS) is 30.5. The van der Waals surface area contributed by atoms with Crippen molar-refractivity contribution in [3.05, 3.63) is 6.33 Å². The zero-order chi connectivity index (χ0) is 11.4. The van der Waals surface area contributed by atoms with Crippen LogP contribution < -0.4 is 5.32 Å². The molecule has 2 rings (SSSR count). The highest BCUT2D eigenvalue weighted by Gasteiger charge is 2.35. The number of rotatable bonds is 4. The van der Waals surface area contributed by atoms with Crippen LogP contribution in [-0.4, -0.2) is 38.9 Å². The first kappa shape index (κ1) is 12.3. The molecule has 4 nitrogen and oxygen atoms in total. The van der Waals surface area contributed by atoms with Crippen LogP contribution in [0.2, 0.25) is 0 Å². The fourth-order valence-corrected chi connectivity index (χ4v) is 4.28. The van der Waals surface area contributed by atoms with Crippen LogP contribution >= 0.6 is 23.3 Å². The SMILES string of the molecule is CNC1(CO)CCCC(Sc2ncns2)C1. The third-order valence-electron chi connectivity index (χ3n) is 3.24. The molecule has 90 valence electrons. The highest BCUT2D eigenvalue weighted by molar-refractivity contribution is 8.01. The molecule has 0 aromatic carbocycles. The third-order valence-corrected chi connectivity index (χ3v) is 5.26. The van der Waals surface area contributed by atoms with E-state index in [4.69, 9.17) is 0 Å². The summed E-state index contributed by atoms with van der Waals surface area (Å²) < 4.78 is 5.05. The fourth-order valence-electron chi connectivity index (χ4n) is 2.22. The van der Waals surface area contributed by atoms with Crippen LogP contribution in [0.4, 0.5) is 0 Å². The predicted octanol–water partition coefficient (Wildman–Crippen LogP) is 1.52. The average Bonchev–Trinajstić information content (AvgIpc) is 2.82. The number of hydrogen-bond donors (Lipinski definition) is 2. The number of aromatic nitrogens is 2. The molecule has 1 fully saturated rings. The number of nitrogens with zero attached hydrogens (tertiary/aromatic N) is 2. The van der Waals surface area contributed by atoms with E-state index in [1.54, 1.807) is 18.1 Å². The minimum Gasteiger partial charge on any atom is -0.394 e. The molecule has 1 saturated carbocycles. The van der Waals surface area contributed by atoms with Gasteiger partial charge in [-0.05, 0) is 37.8 Å². The van der Waals surface area contributed by atoms with E-state index in [1.165, 1.54) is 18.0 Å². The van der Waals surface area contributed by atoms with E-state index in [-0.39, 0.29) is 12.1 Å². The fraction of sp³-hybridized carbons (Fsp3) is 0.800. The van der Waals surface area contributed by atoms with Gasteiger partial charge in [-0.15, -0.1) is 0 Å². The zero-order valence-electron chi connectivity index (χ0n) is 9.35. The van der Waals surface area contributed by atoms with Crippen LogP contribution in [0.15, 0.2) is 10.7 Å². The topological polar surface area (TPSA) is 58.0 Å². The lowest BCUT2D eigenvalue weighted by Gasteiger charge is -2.39. The van der Waals surface area contributed by atoms with Gasteiger partial charge in [-0.2, -0.15) is 4.37 Å². The number of aliphatic hydroxyl groups is 1. The van der Waals surface area contributed by atoms with Crippen LogP contribution in [0.1, 0.15) is 25.7 Å². The molecule has 0 radical (unpaired) electrons. The van der Waals surface area contributed by atoms with Gasteiger partial charge in [0.2, 0.25) is 0 Å². The lowest BCUT2D eigenvalue weighted by Crippen LogP contribution is -2.50. The number of likely N-dealkylation sites (N-methyl/N-ethyl adjacent to an activating group) is 1. The summed E-state index contributed by atoms with van der Waals surface area (Å²) in [6.45, 7) is 0.219. The van der Waals surface area contributed by atoms with E-state index in [1.807, 2.05) is 7.05 Å². The van der Waals surface area contributed by atoms with Crippen molar-refractivity contribution in [2.75, 3.05) is 13.7 Å². The molecule has 1 aliphatic rings. The second kappa shape index (κ2) is 5.44. The molecular weight excluding hydrogens is 242 g/mol. The second-order valence-corrected chi connectivity index (χ2v) is 6.56. The van der Waals surface area contributed by atoms with E-state index in [0.29, 0.717) is 5.25 Å². The molecule has 1 aromatic rings. The summed E-state index contributed by atoms with van der Waals surface area (Å²) in [5.74, 6) is 0. The Morgan fingerprint density at radius 2 is 2.62 bits per heavy atom. The molecule has 6 heteroatoms. The molecule has 2 atom stereocenters. The Bertz CT molecular complexity index is 314. The van der Waals surface area contributed by atoms with Crippen LogP contribution in [-0.2, 0) is 0 Å². The maximum absolute atomic E-state index is 9.49. The van der Waals surface area contributed by atoms with Crippen LogP contribution in [0.5, 0.6) is 0 Å². The molecule has 2 N–H and O–H groups in total. The summed E-state index contributed by atoms with van der Waals surface area (Å²) in [6.07, 6.45) is 6.04. The Labute approximate surface area is 104 Å². The summed E-state index contributed by atoms with van der Waals surface area (Å²) >= 11 is 3.25. The summed E-state index contributed by atoms with van der Waals surface area (Å²) in [5.41, 5.74) is -0.0827. The summed E-state index contributed by atoms with van der Waals surface area (Å²) in [7, 11) is 1.94. The lowest BCUT2D eigenvalue weighted by molar-refractivity contribution is 0.131. The van der Waals surface area contributed by atoms with Crippen molar-refractivity contribution in [1.29, 1.82) is 0 Å². The highest BCUT2D eigenvalue weighted by atomic mass is 32.2. The molecule has 2 unspecified atom stereocenters. The average molecular weight is 259 g/mol. The summed E-state index contributed by atoms with van der Waals surface area (Å²) in [6, 6.07) is 0. The Morgan fingerprint density at radius 1 is 1.75 bits per heavy atom. The minimum absolute atomic E-state index is 0.0827. The summed E-state index contributed by atoms with van der Waals surface area (Å²) in [4.78, 5) is 4.20. The van der Waals surface area contributed by atoms with Crippen molar-refractivity contribution in [3.63, 3.8) is 0 Å². The number of nitrogens with one attached hydrogen (secondary N) is 1. The van der Waals surface area contributed by atoms with Crippen molar-refractivity contribution in [3.8, 4) is 0 Å². The van der Waals surface area contributed by atoms with Gasteiger partial charge in [0.1, 0.15) is 6.33 Å². The van der Waals surface area contributed by atoms with E-state index >= 15 is 0 Å². The number of thioether (sulfide) groups is 1. The summed E-state index contributed by atoms with van der Waals surface area (Å²) in [5, 5.41) is 13.3.